The molecule has 0 aliphatic rings. The van der Waals surface area contributed by atoms with Gasteiger partial charge >= 0.3 is 5.97 Å². The maximum atomic E-state index is 10.8. The van der Waals surface area contributed by atoms with Crippen LogP contribution in [0.4, 0.5) is 0 Å². The quantitative estimate of drug-likeness (QED) is 0.838. The van der Waals surface area contributed by atoms with Gasteiger partial charge in [-0.25, -0.2) is 4.98 Å². The first-order valence-electron chi connectivity index (χ1n) is 6.57. The molecule has 2 rings (SSSR count). The van der Waals surface area contributed by atoms with Crippen molar-refractivity contribution >= 4 is 17.0 Å². The molecule has 1 atom stereocenters. The van der Waals surface area contributed by atoms with Crippen molar-refractivity contribution in [1.29, 1.82) is 0 Å². The smallest absolute Gasteiger partial charge is 0.305 e. The maximum absolute atomic E-state index is 10.8. The van der Waals surface area contributed by atoms with E-state index in [1.807, 2.05) is 11.5 Å². The highest BCUT2D eigenvalue weighted by molar-refractivity contribution is 5.81. The molecule has 1 aromatic heterocycles. The van der Waals surface area contributed by atoms with Gasteiger partial charge in [-0.05, 0) is 6.92 Å². The summed E-state index contributed by atoms with van der Waals surface area (Å²) in [6, 6.07) is 3.25. The summed E-state index contributed by atoms with van der Waals surface area (Å²) >= 11 is 0. The van der Waals surface area contributed by atoms with Gasteiger partial charge < -0.3 is 24.9 Å². The zero-order valence-electron chi connectivity index (χ0n) is 12.3. The second-order valence-corrected chi connectivity index (χ2v) is 4.75. The second kappa shape index (κ2) is 6.01. The van der Waals surface area contributed by atoms with Gasteiger partial charge in [0.25, 0.3) is 0 Å². The van der Waals surface area contributed by atoms with Crippen LogP contribution in [0.15, 0.2) is 12.1 Å². The number of aromatic nitrogens is 2. The standard InChI is InChI=1S/C14H19N3O4/c1-8(15)14-16-9-6-11(20-2)12(21-3)7-10(9)17(14)5-4-13(18)19/h6-8H,4-5,15H2,1-3H3,(H,18,19). The summed E-state index contributed by atoms with van der Waals surface area (Å²) in [4.78, 5) is 15.3. The lowest BCUT2D eigenvalue weighted by Gasteiger charge is -2.11. The molecule has 0 radical (unpaired) electrons. The number of aliphatic carboxylic acids is 1. The summed E-state index contributed by atoms with van der Waals surface area (Å²) in [6.45, 7) is 2.12. The fraction of sp³-hybridized carbons (Fsp3) is 0.429. The number of hydrogen-bond donors (Lipinski definition) is 2. The summed E-state index contributed by atoms with van der Waals surface area (Å²) in [5.74, 6) is 0.913. The van der Waals surface area contributed by atoms with E-state index in [4.69, 9.17) is 20.3 Å². The van der Waals surface area contributed by atoms with Crippen LogP contribution in [-0.2, 0) is 11.3 Å². The van der Waals surface area contributed by atoms with Crippen LogP contribution in [0.5, 0.6) is 11.5 Å². The number of fused-ring (bicyclic) bond motifs is 1. The number of ether oxygens (including phenoxy) is 2. The third-order valence-corrected chi connectivity index (χ3v) is 3.24. The van der Waals surface area contributed by atoms with Gasteiger partial charge in [0.05, 0.1) is 37.7 Å². The van der Waals surface area contributed by atoms with Crippen LogP contribution in [0.25, 0.3) is 11.0 Å². The molecular formula is C14H19N3O4. The third-order valence-electron chi connectivity index (χ3n) is 3.24. The number of hydrogen-bond acceptors (Lipinski definition) is 5. The number of carbonyl (C=O) groups is 1. The summed E-state index contributed by atoms with van der Waals surface area (Å²) in [7, 11) is 3.10. The van der Waals surface area contributed by atoms with Crippen molar-refractivity contribution in [2.75, 3.05) is 14.2 Å². The molecule has 7 nitrogen and oxygen atoms in total. The zero-order valence-corrected chi connectivity index (χ0v) is 12.3. The summed E-state index contributed by atoms with van der Waals surface area (Å²) in [5.41, 5.74) is 7.41. The molecule has 1 unspecified atom stereocenters. The number of imidazole rings is 1. The van der Waals surface area contributed by atoms with Gasteiger partial charge in [-0.3, -0.25) is 4.79 Å². The van der Waals surface area contributed by atoms with Crippen LogP contribution in [-0.4, -0.2) is 34.8 Å². The first kappa shape index (κ1) is 15.1. The Morgan fingerprint density at radius 2 is 2.00 bits per heavy atom. The monoisotopic (exact) mass is 293 g/mol. The lowest BCUT2D eigenvalue weighted by atomic mass is 10.2. The topological polar surface area (TPSA) is 99.6 Å². The van der Waals surface area contributed by atoms with E-state index in [1.165, 1.54) is 0 Å². The molecular weight excluding hydrogens is 274 g/mol. The summed E-state index contributed by atoms with van der Waals surface area (Å²) in [6.07, 6.45) is -0.000472. The molecule has 1 aromatic carbocycles. The summed E-state index contributed by atoms with van der Waals surface area (Å²) in [5, 5.41) is 8.89. The van der Waals surface area contributed by atoms with Crippen LogP contribution in [0, 0.1) is 0 Å². The van der Waals surface area contributed by atoms with E-state index in [1.54, 1.807) is 26.4 Å². The Bertz CT molecular complexity index is 664. The summed E-state index contributed by atoms with van der Waals surface area (Å²) < 4.78 is 12.3. The fourth-order valence-corrected chi connectivity index (χ4v) is 2.26. The van der Waals surface area contributed by atoms with Gasteiger partial charge in [0, 0.05) is 18.7 Å². The van der Waals surface area contributed by atoms with Crippen molar-refractivity contribution in [2.45, 2.75) is 25.9 Å². The number of carboxylic acids is 1. The molecule has 0 fully saturated rings. The Hall–Kier alpha value is -2.28. The van der Waals surface area contributed by atoms with E-state index in [2.05, 4.69) is 4.98 Å². The Balaban J connectivity index is 2.61. The van der Waals surface area contributed by atoms with Crippen LogP contribution in [0.2, 0.25) is 0 Å². The van der Waals surface area contributed by atoms with E-state index in [-0.39, 0.29) is 12.5 Å². The highest BCUT2D eigenvalue weighted by Crippen LogP contribution is 2.33. The predicted molar refractivity (Wildman–Crippen MR) is 77.7 cm³/mol. The minimum atomic E-state index is -0.868. The Kier molecular flexibility index (Phi) is 4.32. The van der Waals surface area contributed by atoms with Gasteiger partial charge in [-0.2, -0.15) is 0 Å². The highest BCUT2D eigenvalue weighted by Gasteiger charge is 2.17. The van der Waals surface area contributed by atoms with Gasteiger partial charge in [-0.15, -0.1) is 0 Å². The minimum absolute atomic E-state index is 0.000472. The molecule has 2 aromatic rings. The molecule has 21 heavy (non-hydrogen) atoms. The van der Waals surface area contributed by atoms with Crippen LogP contribution >= 0.6 is 0 Å². The zero-order chi connectivity index (χ0) is 15.6. The van der Waals surface area contributed by atoms with Crippen LogP contribution in [0.3, 0.4) is 0 Å². The van der Waals surface area contributed by atoms with Gasteiger partial charge in [-0.1, -0.05) is 0 Å². The van der Waals surface area contributed by atoms with Crippen molar-refractivity contribution in [3.05, 3.63) is 18.0 Å². The third kappa shape index (κ3) is 2.92. The molecule has 0 aliphatic carbocycles. The van der Waals surface area contributed by atoms with E-state index >= 15 is 0 Å². The van der Waals surface area contributed by atoms with E-state index in [0.717, 1.165) is 5.52 Å². The number of nitrogens with two attached hydrogens (primary N) is 1. The normalized spacial score (nSPS) is 12.4. The Morgan fingerprint density at radius 3 is 2.52 bits per heavy atom. The first-order valence-corrected chi connectivity index (χ1v) is 6.57. The molecule has 0 saturated heterocycles. The largest absolute Gasteiger partial charge is 0.493 e. The number of rotatable bonds is 6. The Labute approximate surface area is 122 Å². The van der Waals surface area contributed by atoms with E-state index in [0.29, 0.717) is 29.4 Å². The number of carboxylic acid groups (broad SMARTS) is 1. The van der Waals surface area contributed by atoms with E-state index in [9.17, 15) is 4.79 Å². The molecule has 0 bridgehead atoms. The lowest BCUT2D eigenvalue weighted by Crippen LogP contribution is -2.15. The average molecular weight is 293 g/mol. The first-order chi connectivity index (χ1) is 9.97. The number of methoxy groups -OCH3 is 2. The highest BCUT2D eigenvalue weighted by atomic mass is 16.5. The molecule has 3 N–H and O–H groups in total. The van der Waals surface area contributed by atoms with E-state index < -0.39 is 5.97 Å². The number of nitrogens with zero attached hydrogens (tertiary/aromatic N) is 2. The number of aryl methyl sites for hydroxylation is 1. The van der Waals surface area contributed by atoms with Crippen molar-refractivity contribution in [3.8, 4) is 11.5 Å². The molecule has 114 valence electrons. The van der Waals surface area contributed by atoms with Crippen molar-refractivity contribution in [1.82, 2.24) is 9.55 Å². The van der Waals surface area contributed by atoms with Gasteiger partial charge in [0.15, 0.2) is 11.5 Å². The second-order valence-electron chi connectivity index (χ2n) is 4.75. The molecule has 0 spiro atoms. The maximum Gasteiger partial charge on any atom is 0.305 e. The molecule has 0 aliphatic heterocycles. The average Bonchev–Trinajstić information content (AvgIpc) is 2.81. The molecule has 7 heteroatoms. The predicted octanol–water partition coefficient (Wildman–Crippen LogP) is 1.55. The van der Waals surface area contributed by atoms with Crippen LogP contribution < -0.4 is 15.2 Å². The van der Waals surface area contributed by atoms with Crippen LogP contribution in [0.1, 0.15) is 25.2 Å². The van der Waals surface area contributed by atoms with Gasteiger partial charge in [0.2, 0.25) is 0 Å². The molecule has 0 saturated carbocycles. The van der Waals surface area contributed by atoms with Crippen molar-refractivity contribution in [3.63, 3.8) is 0 Å². The molecule has 0 amide bonds. The Morgan fingerprint density at radius 1 is 1.38 bits per heavy atom. The van der Waals surface area contributed by atoms with Crippen molar-refractivity contribution in [2.24, 2.45) is 5.73 Å². The SMILES string of the molecule is COc1cc2nc(C(C)N)n(CCC(=O)O)c2cc1OC. The van der Waals surface area contributed by atoms with Crippen molar-refractivity contribution < 1.29 is 19.4 Å². The number of benzene rings is 1. The fourth-order valence-electron chi connectivity index (χ4n) is 2.26. The minimum Gasteiger partial charge on any atom is -0.493 e. The molecule has 1 heterocycles. The lowest BCUT2D eigenvalue weighted by molar-refractivity contribution is -0.137. The van der Waals surface area contributed by atoms with Gasteiger partial charge in [0.1, 0.15) is 5.82 Å².